The second-order valence-electron chi connectivity index (χ2n) is 5.76. The number of benzene rings is 1. The van der Waals surface area contributed by atoms with Gasteiger partial charge in [-0.1, -0.05) is 0 Å². The van der Waals surface area contributed by atoms with Gasteiger partial charge in [-0.2, -0.15) is 0 Å². The van der Waals surface area contributed by atoms with Crippen molar-refractivity contribution in [3.63, 3.8) is 0 Å². The smallest absolute Gasteiger partial charge is 0.259 e. The maximum absolute atomic E-state index is 13.1. The zero-order valence-corrected chi connectivity index (χ0v) is 15.4. The average Bonchev–Trinajstić information content (AvgIpc) is 2.94. The topological polar surface area (TPSA) is 61.5 Å². The fraction of sp³-hybridized carbons (Fsp3) is 0.211. The highest BCUT2D eigenvalue weighted by molar-refractivity contribution is 7.17. The quantitative estimate of drug-likeness (QED) is 0.670. The highest BCUT2D eigenvalue weighted by atomic mass is 32.1. The molecular weight excluding hydrogens is 351 g/mol. The van der Waals surface area contributed by atoms with Crippen LogP contribution in [-0.4, -0.2) is 22.1 Å². The second-order valence-corrected chi connectivity index (χ2v) is 6.95. The van der Waals surface area contributed by atoms with Crippen LogP contribution in [0.3, 0.4) is 0 Å². The van der Waals surface area contributed by atoms with Gasteiger partial charge < -0.3 is 10.3 Å². The summed E-state index contributed by atoms with van der Waals surface area (Å²) in [6.07, 6.45) is 4.51. The molecule has 0 aliphatic rings. The minimum absolute atomic E-state index is 0.144. The number of thiazole rings is 1. The predicted molar refractivity (Wildman–Crippen MR) is 105 cm³/mol. The molecule has 0 bridgehead atoms. The van der Waals surface area contributed by atoms with Gasteiger partial charge in [-0.25, -0.2) is 9.37 Å². The van der Waals surface area contributed by atoms with Gasteiger partial charge in [0.1, 0.15) is 5.82 Å². The molecule has 0 aliphatic carbocycles. The van der Waals surface area contributed by atoms with Crippen molar-refractivity contribution < 1.29 is 4.39 Å². The number of aryl methyl sites for hydroxylation is 1. The van der Waals surface area contributed by atoms with E-state index in [4.69, 9.17) is 5.41 Å². The van der Waals surface area contributed by atoms with E-state index in [0.717, 1.165) is 16.3 Å². The standard InChI is InChI=1S/C19H19FN4OS/c1-3-23(16-8-6-14(20)7-9-16)12-15-11-18(25)24-17(5-4-10-21)13(2)26-19(24)22-15/h4-11,21H,3,12H2,1-2H3/b5-4-,21-10?. The molecule has 0 atom stereocenters. The van der Waals surface area contributed by atoms with Gasteiger partial charge in [-0.3, -0.25) is 9.20 Å². The molecule has 3 rings (SSSR count). The normalized spacial score (nSPS) is 11.3. The highest BCUT2D eigenvalue weighted by Gasteiger charge is 2.13. The summed E-state index contributed by atoms with van der Waals surface area (Å²) in [7, 11) is 0. The highest BCUT2D eigenvalue weighted by Crippen LogP contribution is 2.22. The molecule has 134 valence electrons. The summed E-state index contributed by atoms with van der Waals surface area (Å²) in [5.41, 5.74) is 2.16. The van der Waals surface area contributed by atoms with Gasteiger partial charge in [0.2, 0.25) is 0 Å². The Bertz CT molecular complexity index is 1020. The van der Waals surface area contributed by atoms with E-state index >= 15 is 0 Å². The summed E-state index contributed by atoms with van der Waals surface area (Å²) in [6, 6.07) is 7.83. The van der Waals surface area contributed by atoms with Crippen molar-refractivity contribution in [1.29, 1.82) is 5.41 Å². The summed E-state index contributed by atoms with van der Waals surface area (Å²) in [4.78, 5) is 20.9. The minimum atomic E-state index is -0.276. The van der Waals surface area contributed by atoms with Gasteiger partial charge in [0.05, 0.1) is 17.9 Å². The first-order valence-electron chi connectivity index (χ1n) is 8.23. The van der Waals surface area contributed by atoms with E-state index < -0.39 is 0 Å². The number of hydrogen-bond donors (Lipinski definition) is 1. The molecule has 0 unspecified atom stereocenters. The molecule has 0 aliphatic heterocycles. The Morgan fingerprint density at radius 1 is 1.35 bits per heavy atom. The summed E-state index contributed by atoms with van der Waals surface area (Å²) in [5, 5.41) is 7.12. The first kappa shape index (κ1) is 18.0. The number of nitrogens with zero attached hydrogens (tertiary/aromatic N) is 3. The number of anilines is 1. The molecule has 1 N–H and O–H groups in total. The van der Waals surface area contributed by atoms with Gasteiger partial charge in [0.15, 0.2) is 4.96 Å². The molecule has 0 saturated heterocycles. The average molecular weight is 370 g/mol. The molecule has 0 saturated carbocycles. The molecule has 26 heavy (non-hydrogen) atoms. The monoisotopic (exact) mass is 370 g/mol. The van der Waals surface area contributed by atoms with E-state index in [1.165, 1.54) is 35.8 Å². The lowest BCUT2D eigenvalue weighted by atomic mass is 10.2. The summed E-state index contributed by atoms with van der Waals surface area (Å²) in [5.74, 6) is -0.276. The Morgan fingerprint density at radius 3 is 2.73 bits per heavy atom. The van der Waals surface area contributed by atoms with Crippen LogP contribution in [0.25, 0.3) is 11.0 Å². The van der Waals surface area contributed by atoms with Crippen LogP contribution in [0, 0.1) is 18.2 Å². The van der Waals surface area contributed by atoms with Gasteiger partial charge in [0.25, 0.3) is 5.56 Å². The lowest BCUT2D eigenvalue weighted by Crippen LogP contribution is -2.24. The molecule has 0 spiro atoms. The number of hydrogen-bond acceptors (Lipinski definition) is 5. The van der Waals surface area contributed by atoms with Crippen LogP contribution in [-0.2, 0) is 6.54 Å². The molecule has 2 heterocycles. The Labute approximate surface area is 154 Å². The van der Waals surface area contributed by atoms with Crippen molar-refractivity contribution in [2.75, 3.05) is 11.4 Å². The lowest BCUT2D eigenvalue weighted by molar-refractivity contribution is 0.627. The van der Waals surface area contributed by atoms with Crippen molar-refractivity contribution in [3.8, 4) is 0 Å². The van der Waals surface area contributed by atoms with Crippen molar-refractivity contribution in [3.05, 3.63) is 68.8 Å². The number of rotatable bonds is 6. The van der Waals surface area contributed by atoms with Gasteiger partial charge in [-0.05, 0) is 50.3 Å². The first-order valence-corrected chi connectivity index (χ1v) is 9.05. The minimum Gasteiger partial charge on any atom is -0.366 e. The molecule has 7 heteroatoms. The maximum Gasteiger partial charge on any atom is 0.259 e. The van der Waals surface area contributed by atoms with Gasteiger partial charge in [0, 0.05) is 29.4 Å². The lowest BCUT2D eigenvalue weighted by Gasteiger charge is -2.22. The third-order valence-electron chi connectivity index (χ3n) is 4.06. The van der Waals surface area contributed by atoms with E-state index in [9.17, 15) is 9.18 Å². The maximum atomic E-state index is 13.1. The number of halogens is 1. The summed E-state index contributed by atoms with van der Waals surface area (Å²) in [6.45, 7) is 5.11. The first-order chi connectivity index (χ1) is 12.5. The molecule has 0 radical (unpaired) electrons. The number of nitrogens with one attached hydrogen (secondary N) is 1. The molecule has 5 nitrogen and oxygen atoms in total. The van der Waals surface area contributed by atoms with Crippen LogP contribution >= 0.6 is 11.3 Å². The number of aromatic nitrogens is 2. The van der Waals surface area contributed by atoms with Crippen LogP contribution in [0.2, 0.25) is 0 Å². The van der Waals surface area contributed by atoms with Gasteiger partial charge in [-0.15, -0.1) is 11.3 Å². The summed E-state index contributed by atoms with van der Waals surface area (Å²) >= 11 is 1.45. The molecular formula is C19H19FN4OS. The predicted octanol–water partition coefficient (Wildman–Crippen LogP) is 3.89. The number of fused-ring (bicyclic) bond motifs is 1. The van der Waals surface area contributed by atoms with Crippen LogP contribution in [0.5, 0.6) is 0 Å². The van der Waals surface area contributed by atoms with E-state index in [-0.39, 0.29) is 11.4 Å². The Morgan fingerprint density at radius 2 is 2.08 bits per heavy atom. The van der Waals surface area contributed by atoms with E-state index in [2.05, 4.69) is 4.98 Å². The van der Waals surface area contributed by atoms with Crippen molar-refractivity contribution in [1.82, 2.24) is 9.38 Å². The van der Waals surface area contributed by atoms with Crippen LogP contribution in [0.4, 0.5) is 10.1 Å². The van der Waals surface area contributed by atoms with Gasteiger partial charge >= 0.3 is 0 Å². The van der Waals surface area contributed by atoms with E-state index in [1.54, 1.807) is 28.7 Å². The Hall–Kier alpha value is -2.80. The second kappa shape index (κ2) is 7.61. The molecule has 1 aromatic carbocycles. The summed E-state index contributed by atoms with van der Waals surface area (Å²) < 4.78 is 14.7. The number of allylic oxidation sites excluding steroid dienone is 1. The Balaban J connectivity index is 1.98. The van der Waals surface area contributed by atoms with Crippen LogP contribution in [0.15, 0.2) is 41.2 Å². The SMILES string of the molecule is CCN(Cc1cc(=O)n2c(/C=C\C=N)c(C)sc2n1)c1ccc(F)cc1. The molecule has 2 aromatic heterocycles. The fourth-order valence-corrected chi connectivity index (χ4v) is 3.77. The largest absolute Gasteiger partial charge is 0.366 e. The fourth-order valence-electron chi connectivity index (χ4n) is 2.79. The Kier molecular flexibility index (Phi) is 5.27. The molecule has 0 fully saturated rings. The van der Waals surface area contributed by atoms with Crippen LogP contribution < -0.4 is 10.5 Å². The van der Waals surface area contributed by atoms with Crippen LogP contribution in [0.1, 0.15) is 23.2 Å². The molecule has 3 aromatic rings. The zero-order chi connectivity index (χ0) is 18.7. The molecule has 0 amide bonds. The zero-order valence-electron chi connectivity index (χ0n) is 14.6. The van der Waals surface area contributed by atoms with Crippen molar-refractivity contribution >= 4 is 34.3 Å². The third-order valence-corrected chi connectivity index (χ3v) is 5.04. The third kappa shape index (κ3) is 3.57. The van der Waals surface area contributed by atoms with Crippen molar-refractivity contribution in [2.45, 2.75) is 20.4 Å². The van der Waals surface area contributed by atoms with E-state index in [0.29, 0.717) is 23.7 Å². The van der Waals surface area contributed by atoms with Crippen molar-refractivity contribution in [2.24, 2.45) is 0 Å². The van der Waals surface area contributed by atoms with E-state index in [1.807, 2.05) is 18.7 Å².